The molecular formula is C25H30N6O4. The van der Waals surface area contributed by atoms with Gasteiger partial charge in [0.2, 0.25) is 0 Å². The average molecular weight is 479 g/mol. The maximum atomic E-state index is 12.9. The van der Waals surface area contributed by atoms with Gasteiger partial charge in [-0.25, -0.2) is 9.48 Å². The van der Waals surface area contributed by atoms with Crippen molar-refractivity contribution in [2.24, 2.45) is 5.41 Å². The number of pyridine rings is 1. The first-order chi connectivity index (χ1) is 16.5. The molecule has 0 radical (unpaired) electrons. The van der Waals surface area contributed by atoms with Gasteiger partial charge in [-0.15, -0.1) is 0 Å². The summed E-state index contributed by atoms with van der Waals surface area (Å²) in [4.78, 5) is 33.3. The molecule has 35 heavy (non-hydrogen) atoms. The van der Waals surface area contributed by atoms with Crippen LogP contribution in [-0.2, 0) is 11.3 Å². The summed E-state index contributed by atoms with van der Waals surface area (Å²) in [7, 11) is 0. The highest BCUT2D eigenvalue weighted by Gasteiger charge is 2.54. The number of hydrogen-bond donors (Lipinski definition) is 0. The zero-order chi connectivity index (χ0) is 25.0. The molecule has 2 fully saturated rings. The normalized spacial score (nSPS) is 16.7. The number of amides is 1. The Morgan fingerprint density at radius 1 is 1.14 bits per heavy atom. The third kappa shape index (κ3) is 4.52. The van der Waals surface area contributed by atoms with Crippen LogP contribution in [0.3, 0.4) is 0 Å². The first-order valence-corrected chi connectivity index (χ1v) is 11.7. The number of carbonyl (C=O) groups is 1. The van der Waals surface area contributed by atoms with Crippen molar-refractivity contribution in [3.63, 3.8) is 0 Å². The van der Waals surface area contributed by atoms with Crippen LogP contribution in [0.15, 0.2) is 39.9 Å². The lowest BCUT2D eigenvalue weighted by atomic mass is 9.73. The van der Waals surface area contributed by atoms with Crippen LogP contribution >= 0.6 is 0 Å². The minimum absolute atomic E-state index is 0.0717. The van der Waals surface area contributed by atoms with E-state index in [1.165, 1.54) is 4.68 Å². The van der Waals surface area contributed by atoms with E-state index in [9.17, 15) is 9.59 Å². The Morgan fingerprint density at radius 3 is 2.51 bits per heavy atom. The largest absolute Gasteiger partial charge is 0.444 e. The highest BCUT2D eigenvalue weighted by Crippen LogP contribution is 2.42. The van der Waals surface area contributed by atoms with Gasteiger partial charge >= 0.3 is 6.09 Å². The van der Waals surface area contributed by atoms with Crippen molar-refractivity contribution in [3.8, 4) is 11.3 Å². The molecule has 10 heteroatoms. The summed E-state index contributed by atoms with van der Waals surface area (Å²) < 4.78 is 12.3. The third-order valence-electron chi connectivity index (χ3n) is 6.45. The molecule has 5 rings (SSSR count). The first-order valence-electron chi connectivity index (χ1n) is 11.7. The van der Waals surface area contributed by atoms with Crippen LogP contribution in [0.5, 0.6) is 0 Å². The quantitative estimate of drug-likeness (QED) is 0.563. The molecular weight excluding hydrogens is 448 g/mol. The highest BCUT2D eigenvalue weighted by atomic mass is 16.6. The minimum Gasteiger partial charge on any atom is -0.444 e. The third-order valence-corrected chi connectivity index (χ3v) is 6.45. The molecule has 2 aliphatic rings. The monoisotopic (exact) mass is 478 g/mol. The number of hydrogen-bond acceptors (Lipinski definition) is 8. The summed E-state index contributed by atoms with van der Waals surface area (Å²) >= 11 is 0. The molecule has 3 aromatic heterocycles. The van der Waals surface area contributed by atoms with E-state index in [0.29, 0.717) is 24.5 Å². The van der Waals surface area contributed by atoms with Gasteiger partial charge in [-0.3, -0.25) is 9.78 Å². The Bertz CT molecular complexity index is 1310. The summed E-state index contributed by atoms with van der Waals surface area (Å²) in [5, 5.41) is 8.59. The van der Waals surface area contributed by atoms with Gasteiger partial charge in [0.05, 0.1) is 18.4 Å². The topological polar surface area (TPSA) is 107 Å². The fourth-order valence-electron chi connectivity index (χ4n) is 4.64. The molecule has 10 nitrogen and oxygen atoms in total. The van der Waals surface area contributed by atoms with E-state index >= 15 is 0 Å². The van der Waals surface area contributed by atoms with Gasteiger partial charge in [-0.05, 0) is 46.8 Å². The lowest BCUT2D eigenvalue weighted by Crippen LogP contribution is -2.73. The van der Waals surface area contributed by atoms with Crippen molar-refractivity contribution in [2.75, 3.05) is 31.1 Å². The highest BCUT2D eigenvalue weighted by molar-refractivity contribution is 5.70. The smallest absolute Gasteiger partial charge is 0.410 e. The summed E-state index contributed by atoms with van der Waals surface area (Å²) in [6.45, 7) is 12.5. The maximum absolute atomic E-state index is 12.9. The SMILES string of the molecule is Cc1ccc(-c2noc(C)c2Cn2ncc(N3CC4(CN(C(=O)OC(C)(C)C)C4)C3)cc2=O)cn1. The molecule has 1 spiro atoms. The molecule has 5 heterocycles. The Labute approximate surface area is 203 Å². The second-order valence-electron chi connectivity index (χ2n) is 10.7. The van der Waals surface area contributed by atoms with Gasteiger partial charge in [0.1, 0.15) is 17.1 Å². The van der Waals surface area contributed by atoms with Gasteiger partial charge in [-0.2, -0.15) is 5.10 Å². The van der Waals surface area contributed by atoms with E-state index < -0.39 is 5.60 Å². The molecule has 0 saturated carbocycles. The van der Waals surface area contributed by atoms with E-state index in [1.807, 2.05) is 46.8 Å². The number of carbonyl (C=O) groups excluding carboxylic acids is 1. The van der Waals surface area contributed by atoms with Crippen LogP contribution in [-0.4, -0.2) is 62.7 Å². The van der Waals surface area contributed by atoms with E-state index in [1.54, 1.807) is 23.4 Å². The predicted octanol–water partition coefficient (Wildman–Crippen LogP) is 3.02. The van der Waals surface area contributed by atoms with Gasteiger partial charge < -0.3 is 19.1 Å². The van der Waals surface area contributed by atoms with E-state index in [0.717, 1.165) is 35.6 Å². The van der Waals surface area contributed by atoms with Crippen LogP contribution in [0.1, 0.15) is 37.8 Å². The number of likely N-dealkylation sites (tertiary alicyclic amines) is 1. The second kappa shape index (κ2) is 8.21. The molecule has 2 saturated heterocycles. The number of ether oxygens (including phenoxy) is 1. The van der Waals surface area contributed by atoms with E-state index in [4.69, 9.17) is 9.26 Å². The Morgan fingerprint density at radius 2 is 1.89 bits per heavy atom. The van der Waals surface area contributed by atoms with Gasteiger partial charge in [-0.1, -0.05) is 5.16 Å². The van der Waals surface area contributed by atoms with Crippen molar-refractivity contribution >= 4 is 11.8 Å². The van der Waals surface area contributed by atoms with Crippen LogP contribution in [0.2, 0.25) is 0 Å². The van der Waals surface area contributed by atoms with Gasteiger partial charge in [0.15, 0.2) is 0 Å². The molecule has 0 bridgehead atoms. The summed E-state index contributed by atoms with van der Waals surface area (Å²) in [6.07, 6.45) is 3.20. The average Bonchev–Trinajstić information content (AvgIpc) is 3.07. The molecule has 0 unspecified atom stereocenters. The zero-order valence-electron chi connectivity index (χ0n) is 20.7. The molecule has 0 aromatic carbocycles. The summed E-state index contributed by atoms with van der Waals surface area (Å²) in [6, 6.07) is 5.46. The number of anilines is 1. The lowest BCUT2D eigenvalue weighted by Gasteiger charge is -2.60. The molecule has 0 aliphatic carbocycles. The van der Waals surface area contributed by atoms with Crippen LogP contribution in [0.25, 0.3) is 11.3 Å². The van der Waals surface area contributed by atoms with Gasteiger partial charge in [0, 0.05) is 60.7 Å². The first kappa shape index (κ1) is 23.1. The maximum Gasteiger partial charge on any atom is 0.410 e. The summed E-state index contributed by atoms with van der Waals surface area (Å²) in [5.74, 6) is 0.641. The fourth-order valence-corrected chi connectivity index (χ4v) is 4.64. The molecule has 2 aliphatic heterocycles. The lowest BCUT2D eigenvalue weighted by molar-refractivity contribution is -0.0453. The molecule has 184 valence electrons. The van der Waals surface area contributed by atoms with E-state index in [2.05, 4.69) is 20.1 Å². The fraction of sp³-hybridized carbons (Fsp3) is 0.480. The van der Waals surface area contributed by atoms with Crippen LogP contribution in [0.4, 0.5) is 10.5 Å². The number of aromatic nitrogens is 4. The van der Waals surface area contributed by atoms with Gasteiger partial charge in [0.25, 0.3) is 5.56 Å². The van der Waals surface area contributed by atoms with Crippen molar-refractivity contribution in [2.45, 2.75) is 46.8 Å². The zero-order valence-corrected chi connectivity index (χ0v) is 20.7. The molecule has 0 N–H and O–H groups in total. The number of aryl methyl sites for hydroxylation is 2. The van der Waals surface area contributed by atoms with Crippen molar-refractivity contribution in [1.29, 1.82) is 0 Å². The van der Waals surface area contributed by atoms with Crippen LogP contribution in [0, 0.1) is 19.3 Å². The molecule has 3 aromatic rings. The predicted molar refractivity (Wildman–Crippen MR) is 129 cm³/mol. The molecule has 0 atom stereocenters. The molecule has 1 amide bonds. The number of nitrogens with zero attached hydrogens (tertiary/aromatic N) is 6. The Kier molecular flexibility index (Phi) is 5.41. The van der Waals surface area contributed by atoms with Crippen molar-refractivity contribution < 1.29 is 14.1 Å². The van der Waals surface area contributed by atoms with Crippen molar-refractivity contribution in [1.82, 2.24) is 24.8 Å². The second-order valence-corrected chi connectivity index (χ2v) is 10.7. The Balaban J connectivity index is 1.23. The Hall–Kier alpha value is -3.69. The van der Waals surface area contributed by atoms with Crippen LogP contribution < -0.4 is 10.5 Å². The summed E-state index contributed by atoms with van der Waals surface area (Å²) in [5.41, 5.74) is 3.38. The minimum atomic E-state index is -0.496. The number of rotatable bonds is 4. The van der Waals surface area contributed by atoms with E-state index in [-0.39, 0.29) is 23.6 Å². The van der Waals surface area contributed by atoms with Crippen molar-refractivity contribution in [3.05, 3.63) is 58.0 Å². The standard InChI is InChI=1S/C25H30N6O4/c1-16-6-7-18(9-26-16)22-20(17(2)35-28-22)11-31-21(32)8-19(10-27-31)29-12-25(13-29)14-30(15-25)23(33)34-24(3,4)5/h6-10H,11-15H2,1-5H3.